The minimum Gasteiger partial charge on any atom is -0.281 e. The monoisotopic (exact) mass is 464 g/mol. The van der Waals surface area contributed by atoms with E-state index in [-0.39, 0.29) is 0 Å². The van der Waals surface area contributed by atoms with Gasteiger partial charge in [0, 0.05) is 27.9 Å². The first-order valence-corrected chi connectivity index (χ1v) is 9.47. The van der Waals surface area contributed by atoms with E-state index in [2.05, 4.69) is 37.5 Å². The van der Waals surface area contributed by atoms with Gasteiger partial charge in [-0.15, -0.1) is 0 Å². The average molecular weight is 464 g/mol. The van der Waals surface area contributed by atoms with Crippen LogP contribution >= 0.6 is 22.6 Å². The molecule has 0 saturated heterocycles. The van der Waals surface area contributed by atoms with Crippen LogP contribution in [0, 0.1) is 10.5 Å². The normalized spacial score (nSPS) is 11.3. The molecule has 5 rings (SSSR count). The molecule has 7 heteroatoms. The van der Waals surface area contributed by atoms with Crippen LogP contribution in [0.4, 0.5) is 0 Å². The highest BCUT2D eigenvalue weighted by atomic mass is 127. The number of aromatic nitrogens is 6. The van der Waals surface area contributed by atoms with E-state index < -0.39 is 0 Å². The third kappa shape index (κ3) is 2.84. The molecule has 0 spiro atoms. The molecule has 5 heterocycles. The van der Waals surface area contributed by atoms with Crippen LogP contribution in [0.5, 0.6) is 0 Å². The van der Waals surface area contributed by atoms with Gasteiger partial charge in [0.1, 0.15) is 11.4 Å². The average Bonchev–Trinajstić information content (AvgIpc) is 3.07. The molecule has 0 aliphatic heterocycles. The number of hydrogen-bond acceptors (Lipinski definition) is 5. The van der Waals surface area contributed by atoms with Crippen molar-refractivity contribution in [1.82, 2.24) is 29.3 Å². The Kier molecular flexibility index (Phi) is 3.82. The Hall–Kier alpha value is -2.94. The van der Waals surface area contributed by atoms with E-state index in [0.717, 1.165) is 43.1 Å². The summed E-state index contributed by atoms with van der Waals surface area (Å²) in [6, 6.07) is 13.8. The van der Waals surface area contributed by atoms with E-state index in [9.17, 15) is 0 Å². The Balaban J connectivity index is 1.83. The van der Waals surface area contributed by atoms with Gasteiger partial charge in [0.15, 0.2) is 0 Å². The molecule has 0 N–H and O–H groups in total. The van der Waals surface area contributed by atoms with E-state index in [0.29, 0.717) is 5.78 Å². The van der Waals surface area contributed by atoms with Crippen LogP contribution in [-0.2, 0) is 0 Å². The van der Waals surface area contributed by atoms with Crippen LogP contribution in [0.2, 0.25) is 0 Å². The van der Waals surface area contributed by atoms with Gasteiger partial charge in [-0.1, -0.05) is 6.07 Å². The maximum atomic E-state index is 4.85. The summed E-state index contributed by atoms with van der Waals surface area (Å²) in [5.74, 6) is 0.619. The zero-order valence-corrected chi connectivity index (χ0v) is 16.5. The summed E-state index contributed by atoms with van der Waals surface area (Å²) in [6.45, 7) is 1.97. The first kappa shape index (κ1) is 16.2. The van der Waals surface area contributed by atoms with Crippen molar-refractivity contribution in [2.24, 2.45) is 0 Å². The van der Waals surface area contributed by atoms with Crippen molar-refractivity contribution in [2.45, 2.75) is 6.92 Å². The highest BCUT2D eigenvalue weighted by Crippen LogP contribution is 2.31. The van der Waals surface area contributed by atoms with E-state index in [1.807, 2.05) is 66.2 Å². The quantitative estimate of drug-likeness (QED) is 0.364. The zero-order valence-electron chi connectivity index (χ0n) is 14.3. The van der Waals surface area contributed by atoms with Gasteiger partial charge in [0.25, 0.3) is 0 Å². The number of halogens is 1. The highest BCUT2D eigenvalue weighted by Gasteiger charge is 2.19. The predicted octanol–water partition coefficient (Wildman–Crippen LogP) is 4.31. The van der Waals surface area contributed by atoms with Gasteiger partial charge < -0.3 is 0 Å². The molecule has 0 unspecified atom stereocenters. The standard InChI is InChI=1S/C20H13IN6/c1-12-4-2-5-15(24-12)18-19(27-9-3-8-22-20(27)26-18)16-7-6-14-17(25-16)10-13(21)11-23-14/h2-11H,1H3. The molecule has 0 amide bonds. The molecule has 0 fully saturated rings. The molecule has 6 nitrogen and oxygen atoms in total. The van der Waals surface area contributed by atoms with Gasteiger partial charge in [-0.25, -0.2) is 15.0 Å². The number of fused-ring (bicyclic) bond motifs is 2. The fourth-order valence-corrected chi connectivity index (χ4v) is 3.53. The number of pyridine rings is 3. The van der Waals surface area contributed by atoms with Crippen molar-refractivity contribution in [1.29, 1.82) is 0 Å². The lowest BCUT2D eigenvalue weighted by Crippen LogP contribution is -1.95. The summed E-state index contributed by atoms with van der Waals surface area (Å²) < 4.78 is 3.00. The van der Waals surface area contributed by atoms with Gasteiger partial charge in [-0.05, 0) is 65.9 Å². The fourth-order valence-electron chi connectivity index (χ4n) is 3.10. The zero-order chi connectivity index (χ0) is 18.4. The van der Waals surface area contributed by atoms with Crippen molar-refractivity contribution < 1.29 is 0 Å². The molecule has 27 heavy (non-hydrogen) atoms. The lowest BCUT2D eigenvalue weighted by Gasteiger charge is -2.06. The van der Waals surface area contributed by atoms with Crippen LogP contribution in [-0.4, -0.2) is 29.3 Å². The summed E-state index contributed by atoms with van der Waals surface area (Å²) in [5, 5.41) is 0. The maximum absolute atomic E-state index is 4.85. The minimum atomic E-state index is 0.619. The van der Waals surface area contributed by atoms with Crippen molar-refractivity contribution in [3.63, 3.8) is 0 Å². The van der Waals surface area contributed by atoms with Crippen molar-refractivity contribution in [3.05, 3.63) is 70.3 Å². The Labute approximate surface area is 168 Å². The molecule has 0 radical (unpaired) electrons. The number of imidazole rings is 1. The Morgan fingerprint density at radius 3 is 2.70 bits per heavy atom. The molecule has 5 aromatic rings. The first-order valence-electron chi connectivity index (χ1n) is 8.39. The van der Waals surface area contributed by atoms with E-state index in [1.54, 1.807) is 6.20 Å². The molecular formula is C20H13IN6. The molecule has 0 bridgehead atoms. The van der Waals surface area contributed by atoms with Crippen LogP contribution in [0.3, 0.4) is 0 Å². The molecule has 0 saturated carbocycles. The van der Waals surface area contributed by atoms with E-state index >= 15 is 0 Å². The van der Waals surface area contributed by atoms with E-state index in [4.69, 9.17) is 9.97 Å². The molecule has 5 aromatic heterocycles. The van der Waals surface area contributed by atoms with Gasteiger partial charge in [-0.3, -0.25) is 14.4 Å². The summed E-state index contributed by atoms with van der Waals surface area (Å²) in [5.41, 5.74) is 5.90. The number of rotatable bonds is 2. The van der Waals surface area contributed by atoms with Crippen LogP contribution in [0.1, 0.15) is 5.69 Å². The molecule has 0 atom stereocenters. The Morgan fingerprint density at radius 1 is 0.889 bits per heavy atom. The maximum Gasteiger partial charge on any atom is 0.234 e. The summed E-state index contributed by atoms with van der Waals surface area (Å²) in [6.07, 6.45) is 5.52. The lowest BCUT2D eigenvalue weighted by molar-refractivity contribution is 1.10. The first-order chi connectivity index (χ1) is 13.2. The summed E-state index contributed by atoms with van der Waals surface area (Å²) >= 11 is 2.25. The second-order valence-corrected chi connectivity index (χ2v) is 7.40. The van der Waals surface area contributed by atoms with Gasteiger partial charge >= 0.3 is 0 Å². The van der Waals surface area contributed by atoms with Gasteiger partial charge in [-0.2, -0.15) is 0 Å². The minimum absolute atomic E-state index is 0.619. The lowest BCUT2D eigenvalue weighted by atomic mass is 10.1. The second-order valence-electron chi connectivity index (χ2n) is 6.15. The fraction of sp³-hybridized carbons (Fsp3) is 0.0500. The molecule has 130 valence electrons. The van der Waals surface area contributed by atoms with Gasteiger partial charge in [0.05, 0.1) is 22.4 Å². The number of hydrogen-bond donors (Lipinski definition) is 0. The highest BCUT2D eigenvalue weighted by molar-refractivity contribution is 14.1. The smallest absolute Gasteiger partial charge is 0.234 e. The number of nitrogens with zero attached hydrogens (tertiary/aromatic N) is 6. The largest absolute Gasteiger partial charge is 0.281 e. The van der Waals surface area contributed by atoms with Crippen molar-refractivity contribution in [2.75, 3.05) is 0 Å². The summed E-state index contributed by atoms with van der Waals surface area (Å²) in [7, 11) is 0. The Bertz CT molecular complexity index is 1310. The topological polar surface area (TPSA) is 68.9 Å². The second kappa shape index (κ2) is 6.34. The predicted molar refractivity (Wildman–Crippen MR) is 112 cm³/mol. The Morgan fingerprint density at radius 2 is 1.81 bits per heavy atom. The third-order valence-electron chi connectivity index (χ3n) is 4.28. The van der Waals surface area contributed by atoms with E-state index in [1.165, 1.54) is 0 Å². The molecule has 0 aliphatic rings. The van der Waals surface area contributed by atoms with Crippen molar-refractivity contribution in [3.8, 4) is 22.8 Å². The van der Waals surface area contributed by atoms with Gasteiger partial charge in [0.2, 0.25) is 5.78 Å². The SMILES string of the molecule is Cc1cccc(-c2nc3ncccn3c2-c2ccc3ncc(I)cc3n2)n1. The molecule has 0 aromatic carbocycles. The third-order valence-corrected chi connectivity index (χ3v) is 4.87. The summed E-state index contributed by atoms with van der Waals surface area (Å²) in [4.78, 5) is 23.1. The van der Waals surface area contributed by atoms with Crippen LogP contribution in [0.25, 0.3) is 39.6 Å². The van der Waals surface area contributed by atoms with Crippen LogP contribution in [0.15, 0.2) is 61.1 Å². The van der Waals surface area contributed by atoms with Crippen molar-refractivity contribution >= 4 is 39.4 Å². The molecular weight excluding hydrogens is 451 g/mol. The number of aryl methyl sites for hydroxylation is 1. The molecule has 0 aliphatic carbocycles. The van der Waals surface area contributed by atoms with Crippen LogP contribution < -0.4 is 0 Å².